The van der Waals surface area contributed by atoms with Crippen LogP contribution in [0.25, 0.3) is 0 Å². The normalized spacial score (nSPS) is 18.7. The molecule has 1 atom stereocenters. The molecule has 0 aliphatic heterocycles. The summed E-state index contributed by atoms with van der Waals surface area (Å²) in [6, 6.07) is 0.350. The first-order valence-electron chi connectivity index (χ1n) is 7.70. The largest absolute Gasteiger partial charge is 0.309 e. The van der Waals surface area contributed by atoms with Gasteiger partial charge in [0.15, 0.2) is 0 Å². The Bertz CT molecular complexity index is 383. The van der Waals surface area contributed by atoms with E-state index < -0.39 is 0 Å². The second-order valence-electron chi connectivity index (χ2n) is 5.54. The van der Waals surface area contributed by atoms with Crippen molar-refractivity contribution in [1.29, 1.82) is 0 Å². The van der Waals surface area contributed by atoms with Gasteiger partial charge in [-0.3, -0.25) is 4.68 Å². The lowest BCUT2D eigenvalue weighted by Gasteiger charge is -2.27. The Hall–Kier alpha value is -0.540. The maximum atomic E-state index is 6.35. The summed E-state index contributed by atoms with van der Waals surface area (Å²) in [4.78, 5) is 0. The molecule has 1 aliphatic rings. The molecule has 0 amide bonds. The van der Waals surface area contributed by atoms with Crippen molar-refractivity contribution in [3.05, 3.63) is 16.9 Å². The fourth-order valence-electron chi connectivity index (χ4n) is 3.26. The highest BCUT2D eigenvalue weighted by molar-refractivity contribution is 6.31. The highest BCUT2D eigenvalue weighted by atomic mass is 35.5. The van der Waals surface area contributed by atoms with E-state index in [2.05, 4.69) is 24.3 Å². The van der Waals surface area contributed by atoms with E-state index in [4.69, 9.17) is 11.6 Å². The van der Waals surface area contributed by atoms with Gasteiger partial charge in [-0.2, -0.15) is 5.10 Å². The first-order valence-corrected chi connectivity index (χ1v) is 8.08. The Morgan fingerprint density at radius 1 is 1.37 bits per heavy atom. The third-order valence-electron chi connectivity index (χ3n) is 4.21. The second-order valence-corrected chi connectivity index (χ2v) is 5.95. The quantitative estimate of drug-likeness (QED) is 0.849. The number of hydrogen-bond donors (Lipinski definition) is 1. The van der Waals surface area contributed by atoms with Gasteiger partial charge in [0.05, 0.1) is 23.0 Å². The average Bonchev–Trinajstić information content (AvgIpc) is 2.80. The van der Waals surface area contributed by atoms with Gasteiger partial charge in [0.1, 0.15) is 0 Å². The molecule has 1 aliphatic carbocycles. The van der Waals surface area contributed by atoms with Crippen molar-refractivity contribution < 1.29 is 0 Å². The van der Waals surface area contributed by atoms with Gasteiger partial charge < -0.3 is 5.32 Å². The van der Waals surface area contributed by atoms with Gasteiger partial charge in [0.25, 0.3) is 0 Å². The lowest BCUT2D eigenvalue weighted by molar-refractivity contribution is 0.295. The number of nitrogens with zero attached hydrogens (tertiary/aromatic N) is 2. The lowest BCUT2D eigenvalue weighted by atomic mass is 9.84. The first kappa shape index (κ1) is 14.9. The molecule has 1 fully saturated rings. The first-order chi connectivity index (χ1) is 9.26. The Balaban J connectivity index is 2.11. The molecule has 0 bridgehead atoms. The minimum atomic E-state index is 0.350. The van der Waals surface area contributed by atoms with E-state index in [1.807, 2.05) is 4.68 Å². The van der Waals surface area contributed by atoms with Crippen molar-refractivity contribution in [3.8, 4) is 0 Å². The minimum Gasteiger partial charge on any atom is -0.309 e. The molecule has 1 N–H and O–H groups in total. The van der Waals surface area contributed by atoms with Crippen LogP contribution in [0.3, 0.4) is 0 Å². The third kappa shape index (κ3) is 3.73. The van der Waals surface area contributed by atoms with Crippen LogP contribution in [0, 0.1) is 5.92 Å². The topological polar surface area (TPSA) is 29.9 Å². The molecule has 0 aromatic carbocycles. The SMILES string of the molecule is CCNC(CC1CCCCC1)c1c(Cl)cnn1CC. The van der Waals surface area contributed by atoms with E-state index in [9.17, 15) is 0 Å². The van der Waals surface area contributed by atoms with E-state index >= 15 is 0 Å². The molecule has 1 aromatic heterocycles. The molecule has 1 saturated carbocycles. The van der Waals surface area contributed by atoms with Gasteiger partial charge in [-0.05, 0) is 25.8 Å². The standard InChI is InChI=1S/C15H26ClN3/c1-3-17-14(10-12-8-6-5-7-9-12)15-13(16)11-18-19(15)4-2/h11-12,14,17H,3-10H2,1-2H3. The molecule has 0 spiro atoms. The van der Waals surface area contributed by atoms with Crippen LogP contribution in [-0.4, -0.2) is 16.3 Å². The maximum absolute atomic E-state index is 6.35. The van der Waals surface area contributed by atoms with Gasteiger partial charge in [0, 0.05) is 6.54 Å². The van der Waals surface area contributed by atoms with Crippen LogP contribution in [0.4, 0.5) is 0 Å². The van der Waals surface area contributed by atoms with Gasteiger partial charge in [-0.15, -0.1) is 0 Å². The number of rotatable bonds is 6. The lowest BCUT2D eigenvalue weighted by Crippen LogP contribution is -2.27. The summed E-state index contributed by atoms with van der Waals surface area (Å²) in [5.74, 6) is 0.842. The van der Waals surface area contributed by atoms with E-state index in [0.29, 0.717) is 6.04 Å². The fourth-order valence-corrected chi connectivity index (χ4v) is 3.54. The number of aryl methyl sites for hydroxylation is 1. The van der Waals surface area contributed by atoms with E-state index in [0.717, 1.165) is 24.0 Å². The van der Waals surface area contributed by atoms with E-state index in [1.54, 1.807) is 6.20 Å². The molecule has 0 radical (unpaired) electrons. The van der Waals surface area contributed by atoms with Crippen molar-refractivity contribution in [2.75, 3.05) is 6.54 Å². The predicted molar refractivity (Wildman–Crippen MR) is 80.5 cm³/mol. The van der Waals surface area contributed by atoms with Gasteiger partial charge in [0.2, 0.25) is 0 Å². The molecule has 0 saturated heterocycles. The zero-order valence-electron chi connectivity index (χ0n) is 12.2. The van der Waals surface area contributed by atoms with Crippen LogP contribution in [0.2, 0.25) is 5.02 Å². The van der Waals surface area contributed by atoms with Crippen molar-refractivity contribution in [3.63, 3.8) is 0 Å². The van der Waals surface area contributed by atoms with Crippen molar-refractivity contribution >= 4 is 11.6 Å². The minimum absolute atomic E-state index is 0.350. The van der Waals surface area contributed by atoms with Gasteiger partial charge in [-0.25, -0.2) is 0 Å². The molecule has 1 aromatic rings. The molecular weight excluding hydrogens is 258 g/mol. The molecule has 1 heterocycles. The molecule has 2 rings (SSSR count). The smallest absolute Gasteiger partial charge is 0.0834 e. The Morgan fingerprint density at radius 3 is 2.74 bits per heavy atom. The molecular formula is C15H26ClN3. The van der Waals surface area contributed by atoms with Crippen LogP contribution < -0.4 is 5.32 Å². The highest BCUT2D eigenvalue weighted by Crippen LogP contribution is 2.34. The van der Waals surface area contributed by atoms with E-state index in [1.165, 1.54) is 44.2 Å². The molecule has 19 heavy (non-hydrogen) atoms. The molecule has 1 unspecified atom stereocenters. The number of hydrogen-bond acceptors (Lipinski definition) is 2. The summed E-state index contributed by atoms with van der Waals surface area (Å²) in [5.41, 5.74) is 1.18. The molecule has 4 heteroatoms. The summed E-state index contributed by atoms with van der Waals surface area (Å²) in [6.07, 6.45) is 9.93. The van der Waals surface area contributed by atoms with Crippen LogP contribution in [-0.2, 0) is 6.54 Å². The summed E-state index contributed by atoms with van der Waals surface area (Å²) >= 11 is 6.35. The van der Waals surface area contributed by atoms with Crippen LogP contribution >= 0.6 is 11.6 Å². The average molecular weight is 284 g/mol. The monoisotopic (exact) mass is 283 g/mol. The zero-order valence-corrected chi connectivity index (χ0v) is 12.9. The third-order valence-corrected chi connectivity index (χ3v) is 4.50. The fraction of sp³-hybridized carbons (Fsp3) is 0.800. The van der Waals surface area contributed by atoms with Gasteiger partial charge in [-0.1, -0.05) is 50.6 Å². The summed E-state index contributed by atoms with van der Waals surface area (Å²) in [6.45, 7) is 6.14. The van der Waals surface area contributed by atoms with Crippen LogP contribution in [0.15, 0.2) is 6.20 Å². The highest BCUT2D eigenvalue weighted by Gasteiger charge is 2.24. The number of aromatic nitrogens is 2. The van der Waals surface area contributed by atoms with Crippen molar-refractivity contribution in [2.24, 2.45) is 5.92 Å². The molecule has 3 nitrogen and oxygen atoms in total. The predicted octanol–water partition coefficient (Wildman–Crippen LogP) is 4.18. The van der Waals surface area contributed by atoms with E-state index in [-0.39, 0.29) is 0 Å². The Kier molecular flexibility index (Phi) is 5.71. The van der Waals surface area contributed by atoms with Gasteiger partial charge >= 0.3 is 0 Å². The number of halogens is 1. The van der Waals surface area contributed by atoms with Crippen molar-refractivity contribution in [2.45, 2.75) is 65.0 Å². The second kappa shape index (κ2) is 7.30. The van der Waals surface area contributed by atoms with Crippen molar-refractivity contribution in [1.82, 2.24) is 15.1 Å². The summed E-state index contributed by atoms with van der Waals surface area (Å²) < 4.78 is 2.04. The summed E-state index contributed by atoms with van der Waals surface area (Å²) in [5, 5.41) is 8.79. The Labute approximate surface area is 121 Å². The Morgan fingerprint density at radius 2 is 2.11 bits per heavy atom. The van der Waals surface area contributed by atoms with Crippen LogP contribution in [0.1, 0.15) is 64.1 Å². The number of nitrogens with one attached hydrogen (secondary N) is 1. The van der Waals surface area contributed by atoms with Crippen LogP contribution in [0.5, 0.6) is 0 Å². The maximum Gasteiger partial charge on any atom is 0.0834 e. The molecule has 108 valence electrons. The summed E-state index contributed by atoms with van der Waals surface area (Å²) in [7, 11) is 0. The zero-order chi connectivity index (χ0) is 13.7.